The van der Waals surface area contributed by atoms with Crippen molar-refractivity contribution in [2.45, 2.75) is 6.92 Å². The highest BCUT2D eigenvalue weighted by atomic mass is 35.5. The van der Waals surface area contributed by atoms with Gasteiger partial charge in [0.1, 0.15) is 12.3 Å². The Morgan fingerprint density at radius 3 is 2.39 bits per heavy atom. The van der Waals surface area contributed by atoms with Gasteiger partial charge in [-0.2, -0.15) is 0 Å². The van der Waals surface area contributed by atoms with Crippen LogP contribution in [-0.2, 0) is 4.74 Å². The molecular weight excluding hydrogens is 464 g/mol. The number of aryl methyl sites for hydroxylation is 1. The summed E-state index contributed by atoms with van der Waals surface area (Å²) in [7, 11) is 0. The van der Waals surface area contributed by atoms with Gasteiger partial charge in [-0.1, -0.05) is 36.0 Å². The molecule has 3 aromatic rings. The van der Waals surface area contributed by atoms with Crippen molar-refractivity contribution >= 4 is 52.9 Å². The van der Waals surface area contributed by atoms with Crippen LogP contribution in [0.1, 0.15) is 26.3 Å². The zero-order valence-electron chi connectivity index (χ0n) is 18.0. The third-order valence-corrected chi connectivity index (χ3v) is 6.32. The molecule has 0 unspecified atom stereocenters. The van der Waals surface area contributed by atoms with E-state index in [2.05, 4.69) is 12.8 Å². The fourth-order valence-corrected chi connectivity index (χ4v) is 4.44. The molecule has 1 aliphatic rings. The highest BCUT2D eigenvalue weighted by Crippen LogP contribution is 2.31. The monoisotopic (exact) mass is 486 g/mol. The lowest BCUT2D eigenvalue weighted by atomic mass is 10.0. The summed E-state index contributed by atoms with van der Waals surface area (Å²) in [5.41, 5.74) is 7.27. The molecule has 0 radical (unpaired) electrons. The number of benzene rings is 2. The van der Waals surface area contributed by atoms with Crippen molar-refractivity contribution in [3.05, 3.63) is 74.5 Å². The molecule has 2 N–H and O–H groups in total. The molecule has 1 fully saturated rings. The molecule has 0 bridgehead atoms. The minimum atomic E-state index is -0.802. The molecule has 172 valence electrons. The van der Waals surface area contributed by atoms with E-state index in [4.69, 9.17) is 22.1 Å². The fourth-order valence-electron chi connectivity index (χ4n) is 4.04. The van der Waals surface area contributed by atoms with Gasteiger partial charge in [0, 0.05) is 42.2 Å². The first-order valence-corrected chi connectivity index (χ1v) is 11.1. The first kappa shape index (κ1) is 23.2. The summed E-state index contributed by atoms with van der Waals surface area (Å²) in [5, 5.41) is 1.26. The molecule has 0 atom stereocenters. The molecule has 1 aliphatic heterocycles. The predicted molar refractivity (Wildman–Crippen MR) is 131 cm³/mol. The standard InChI is InChI=1S/C23H23ClN4O4S/c1-14-2-7-18-17(12-14)20(19(22(30)28(18)33)23(31)32-13-25)26-8-10-27(11-9-26)21(29)15-3-5-16(24)6-4-15/h2-7,12,33H,8-11,13,25H2,1H3. The second-order valence-electron chi connectivity index (χ2n) is 7.75. The van der Waals surface area contributed by atoms with Gasteiger partial charge in [0.15, 0.2) is 0 Å². The number of hydrogen-bond donors (Lipinski definition) is 2. The molecule has 1 aromatic heterocycles. The molecule has 0 saturated carbocycles. The topological polar surface area (TPSA) is 97.9 Å². The Morgan fingerprint density at radius 1 is 1.09 bits per heavy atom. The summed E-state index contributed by atoms with van der Waals surface area (Å²) >= 11 is 10.2. The van der Waals surface area contributed by atoms with Crippen LogP contribution in [0, 0.1) is 6.92 Å². The summed E-state index contributed by atoms with van der Waals surface area (Å²) in [6, 6.07) is 12.3. The van der Waals surface area contributed by atoms with Crippen LogP contribution in [0.25, 0.3) is 10.9 Å². The number of thiol groups is 1. The Kier molecular flexibility index (Phi) is 6.64. The molecule has 2 aromatic carbocycles. The van der Waals surface area contributed by atoms with Crippen LogP contribution >= 0.6 is 24.4 Å². The molecule has 33 heavy (non-hydrogen) atoms. The molecule has 1 amide bonds. The minimum Gasteiger partial charge on any atom is -0.446 e. The Labute approximate surface area is 201 Å². The average molecular weight is 487 g/mol. The van der Waals surface area contributed by atoms with Gasteiger partial charge in [0.05, 0.1) is 11.2 Å². The van der Waals surface area contributed by atoms with E-state index >= 15 is 0 Å². The van der Waals surface area contributed by atoms with Gasteiger partial charge in [-0.3, -0.25) is 19.3 Å². The SMILES string of the molecule is Cc1ccc2c(c1)c(N1CCN(C(=O)c3ccc(Cl)cc3)CC1)c(C(=O)OCN)c(=O)n2S. The van der Waals surface area contributed by atoms with E-state index < -0.39 is 11.5 Å². The van der Waals surface area contributed by atoms with Crippen LogP contribution in [0.5, 0.6) is 0 Å². The minimum absolute atomic E-state index is 0.0967. The molecule has 0 spiro atoms. The Balaban J connectivity index is 1.71. The number of aromatic nitrogens is 1. The molecule has 0 aliphatic carbocycles. The maximum atomic E-state index is 13.1. The first-order valence-electron chi connectivity index (χ1n) is 10.4. The number of anilines is 1. The molecule has 2 heterocycles. The van der Waals surface area contributed by atoms with Crippen LogP contribution < -0.4 is 16.2 Å². The number of pyridine rings is 1. The lowest BCUT2D eigenvalue weighted by Crippen LogP contribution is -2.49. The number of amides is 1. The fraction of sp³-hybridized carbons (Fsp3) is 0.261. The Hall–Kier alpha value is -3.01. The van der Waals surface area contributed by atoms with Gasteiger partial charge in [-0.15, -0.1) is 0 Å². The number of carbonyl (C=O) groups excluding carboxylic acids is 2. The Morgan fingerprint density at radius 2 is 1.76 bits per heavy atom. The van der Waals surface area contributed by atoms with E-state index in [1.165, 1.54) is 0 Å². The number of nitrogens with two attached hydrogens (primary N) is 1. The summed E-state index contributed by atoms with van der Waals surface area (Å²) in [4.78, 5) is 42.4. The third kappa shape index (κ3) is 4.44. The Bertz CT molecular complexity index is 1280. The normalized spacial score (nSPS) is 13.9. The van der Waals surface area contributed by atoms with Crippen molar-refractivity contribution in [2.24, 2.45) is 5.73 Å². The number of fused-ring (bicyclic) bond motifs is 1. The maximum Gasteiger partial charge on any atom is 0.347 e. The van der Waals surface area contributed by atoms with Gasteiger partial charge in [-0.05, 0) is 43.3 Å². The van der Waals surface area contributed by atoms with E-state index in [0.717, 1.165) is 9.54 Å². The van der Waals surface area contributed by atoms with E-state index in [9.17, 15) is 14.4 Å². The largest absolute Gasteiger partial charge is 0.446 e. The van der Waals surface area contributed by atoms with Crippen molar-refractivity contribution in [3.63, 3.8) is 0 Å². The lowest BCUT2D eigenvalue weighted by Gasteiger charge is -2.37. The van der Waals surface area contributed by atoms with Crippen LogP contribution in [0.4, 0.5) is 5.69 Å². The van der Waals surface area contributed by atoms with Crippen LogP contribution in [0.15, 0.2) is 47.3 Å². The highest BCUT2D eigenvalue weighted by Gasteiger charge is 2.30. The van der Waals surface area contributed by atoms with Gasteiger partial charge < -0.3 is 14.5 Å². The number of nitrogens with zero attached hydrogens (tertiary/aromatic N) is 3. The van der Waals surface area contributed by atoms with Gasteiger partial charge in [0.2, 0.25) is 0 Å². The average Bonchev–Trinajstić information content (AvgIpc) is 2.81. The van der Waals surface area contributed by atoms with Crippen molar-refractivity contribution in [3.8, 4) is 0 Å². The van der Waals surface area contributed by atoms with Crippen molar-refractivity contribution in [2.75, 3.05) is 37.8 Å². The third-order valence-electron chi connectivity index (χ3n) is 5.67. The zero-order valence-corrected chi connectivity index (χ0v) is 19.6. The smallest absolute Gasteiger partial charge is 0.347 e. The number of ether oxygens (including phenoxy) is 1. The summed E-state index contributed by atoms with van der Waals surface area (Å²) in [6.45, 7) is 3.29. The lowest BCUT2D eigenvalue weighted by molar-refractivity contribution is 0.0513. The molecule has 1 saturated heterocycles. The second-order valence-corrected chi connectivity index (χ2v) is 8.58. The molecule has 10 heteroatoms. The molecular formula is C23H23ClN4O4S. The maximum absolute atomic E-state index is 13.1. The number of piperazine rings is 1. The zero-order chi connectivity index (χ0) is 23.7. The van der Waals surface area contributed by atoms with Crippen molar-refractivity contribution in [1.29, 1.82) is 0 Å². The van der Waals surface area contributed by atoms with Gasteiger partial charge in [-0.25, -0.2) is 4.79 Å². The molecule has 8 nitrogen and oxygen atoms in total. The van der Waals surface area contributed by atoms with Crippen LogP contribution in [-0.4, -0.2) is 53.7 Å². The highest BCUT2D eigenvalue weighted by molar-refractivity contribution is 7.78. The van der Waals surface area contributed by atoms with E-state index in [1.54, 1.807) is 35.2 Å². The van der Waals surface area contributed by atoms with Gasteiger partial charge in [0.25, 0.3) is 11.5 Å². The van der Waals surface area contributed by atoms with Crippen molar-refractivity contribution in [1.82, 2.24) is 8.87 Å². The quantitative estimate of drug-likeness (QED) is 0.334. The van der Waals surface area contributed by atoms with Crippen molar-refractivity contribution < 1.29 is 14.3 Å². The van der Waals surface area contributed by atoms with E-state index in [0.29, 0.717) is 53.4 Å². The number of hydrogen-bond acceptors (Lipinski definition) is 7. The van der Waals surface area contributed by atoms with Crippen LogP contribution in [0.3, 0.4) is 0 Å². The predicted octanol–water partition coefficient (Wildman–Crippen LogP) is 2.69. The number of rotatable bonds is 4. The van der Waals surface area contributed by atoms with E-state index in [1.807, 2.05) is 24.0 Å². The number of carbonyl (C=O) groups is 2. The van der Waals surface area contributed by atoms with E-state index in [-0.39, 0.29) is 18.2 Å². The number of halogens is 1. The second kappa shape index (κ2) is 9.46. The van der Waals surface area contributed by atoms with Crippen LogP contribution in [0.2, 0.25) is 5.02 Å². The number of esters is 1. The molecule has 4 rings (SSSR count). The summed E-state index contributed by atoms with van der Waals surface area (Å²) in [6.07, 6.45) is 0. The first-order chi connectivity index (χ1) is 15.8. The summed E-state index contributed by atoms with van der Waals surface area (Å²) in [5.74, 6) is -0.899. The van der Waals surface area contributed by atoms with Gasteiger partial charge >= 0.3 is 5.97 Å². The summed E-state index contributed by atoms with van der Waals surface area (Å²) < 4.78 is 6.14.